The third kappa shape index (κ3) is 3.89. The Morgan fingerprint density at radius 3 is 2.75 bits per heavy atom. The Kier molecular flexibility index (Phi) is 4.62. The van der Waals surface area contributed by atoms with Crippen molar-refractivity contribution >= 4 is 38.3 Å². The van der Waals surface area contributed by atoms with Gasteiger partial charge in [-0.1, -0.05) is 29.5 Å². The molecule has 3 aromatic rings. The summed E-state index contributed by atoms with van der Waals surface area (Å²) in [5.41, 5.74) is 2.07. The summed E-state index contributed by atoms with van der Waals surface area (Å²) in [6.07, 6.45) is -4.82. The molecule has 146 valence electrons. The molecule has 0 aliphatic carbocycles. The van der Waals surface area contributed by atoms with E-state index in [0.29, 0.717) is 13.1 Å². The summed E-state index contributed by atoms with van der Waals surface area (Å²) in [4.78, 5) is 19.0. The fourth-order valence-corrected chi connectivity index (χ4v) is 4.06. The number of alkyl halides is 3. The first-order valence-electron chi connectivity index (χ1n) is 8.56. The normalized spacial score (nSPS) is 14.8. The number of thiazole rings is 1. The second-order valence-electron chi connectivity index (χ2n) is 6.60. The SMILES string of the molecule is Cc1ccc2nc(N3CC(C(=O)Nc4ccccc4OC(F)(F)F)C3)sc2c1. The highest BCUT2D eigenvalue weighted by molar-refractivity contribution is 7.22. The third-order valence-electron chi connectivity index (χ3n) is 4.43. The number of para-hydroxylation sites is 2. The molecule has 5 nitrogen and oxygen atoms in total. The molecule has 4 rings (SSSR count). The minimum Gasteiger partial charge on any atom is -0.404 e. The number of rotatable bonds is 4. The van der Waals surface area contributed by atoms with Crippen molar-refractivity contribution in [2.75, 3.05) is 23.3 Å². The van der Waals surface area contributed by atoms with E-state index in [-0.39, 0.29) is 17.5 Å². The van der Waals surface area contributed by atoms with Crippen LogP contribution in [0.15, 0.2) is 42.5 Å². The van der Waals surface area contributed by atoms with Crippen LogP contribution in [0.2, 0.25) is 0 Å². The van der Waals surface area contributed by atoms with Crippen LogP contribution in [0.25, 0.3) is 10.2 Å². The number of hydrogen-bond donors (Lipinski definition) is 1. The molecule has 1 N–H and O–H groups in total. The first kappa shape index (κ1) is 18.5. The molecule has 1 fully saturated rings. The van der Waals surface area contributed by atoms with Gasteiger partial charge in [-0.3, -0.25) is 4.79 Å². The monoisotopic (exact) mass is 407 g/mol. The third-order valence-corrected chi connectivity index (χ3v) is 5.51. The van der Waals surface area contributed by atoms with Gasteiger partial charge in [-0.15, -0.1) is 13.2 Å². The smallest absolute Gasteiger partial charge is 0.404 e. The highest BCUT2D eigenvalue weighted by Crippen LogP contribution is 2.35. The second kappa shape index (κ2) is 6.97. The van der Waals surface area contributed by atoms with Crippen LogP contribution >= 0.6 is 11.3 Å². The lowest BCUT2D eigenvalue weighted by atomic mass is 10.00. The second-order valence-corrected chi connectivity index (χ2v) is 7.61. The average molecular weight is 407 g/mol. The minimum atomic E-state index is -4.82. The van der Waals surface area contributed by atoms with E-state index in [1.165, 1.54) is 24.3 Å². The van der Waals surface area contributed by atoms with Crippen molar-refractivity contribution in [3.05, 3.63) is 48.0 Å². The number of hydrogen-bond acceptors (Lipinski definition) is 5. The molecule has 0 bridgehead atoms. The molecule has 9 heteroatoms. The Morgan fingerprint density at radius 2 is 2.00 bits per heavy atom. The summed E-state index contributed by atoms with van der Waals surface area (Å²) in [5, 5.41) is 3.37. The number of halogens is 3. The van der Waals surface area contributed by atoms with E-state index < -0.39 is 12.1 Å². The molecule has 1 aliphatic heterocycles. The van der Waals surface area contributed by atoms with Crippen molar-refractivity contribution in [1.82, 2.24) is 4.98 Å². The summed E-state index contributed by atoms with van der Waals surface area (Å²) in [6.45, 7) is 2.95. The molecular weight excluding hydrogens is 391 g/mol. The van der Waals surface area contributed by atoms with Crippen LogP contribution in [0.4, 0.5) is 24.0 Å². The van der Waals surface area contributed by atoms with E-state index in [1.54, 1.807) is 11.3 Å². The number of aryl methyl sites for hydroxylation is 1. The maximum Gasteiger partial charge on any atom is 0.573 e. The van der Waals surface area contributed by atoms with Crippen molar-refractivity contribution in [2.45, 2.75) is 13.3 Å². The zero-order chi connectivity index (χ0) is 19.9. The molecule has 0 spiro atoms. The molecule has 0 unspecified atom stereocenters. The zero-order valence-electron chi connectivity index (χ0n) is 14.8. The number of aromatic nitrogens is 1. The van der Waals surface area contributed by atoms with E-state index >= 15 is 0 Å². The van der Waals surface area contributed by atoms with E-state index in [0.717, 1.165) is 20.9 Å². The van der Waals surface area contributed by atoms with E-state index in [9.17, 15) is 18.0 Å². The molecule has 28 heavy (non-hydrogen) atoms. The van der Waals surface area contributed by atoms with Gasteiger partial charge in [0.1, 0.15) is 0 Å². The molecule has 1 aromatic heterocycles. The summed E-state index contributed by atoms with van der Waals surface area (Å²) in [7, 11) is 0. The summed E-state index contributed by atoms with van der Waals surface area (Å²) >= 11 is 1.56. The van der Waals surface area contributed by atoms with Crippen molar-refractivity contribution < 1.29 is 22.7 Å². The van der Waals surface area contributed by atoms with Crippen LogP contribution < -0.4 is 15.0 Å². The zero-order valence-corrected chi connectivity index (χ0v) is 15.6. The fraction of sp³-hybridized carbons (Fsp3) is 0.263. The first-order valence-corrected chi connectivity index (χ1v) is 9.38. The van der Waals surface area contributed by atoms with Crippen LogP contribution in [-0.2, 0) is 4.79 Å². The first-order chi connectivity index (χ1) is 13.3. The number of carbonyl (C=O) groups is 1. The van der Waals surface area contributed by atoms with Crippen LogP contribution in [0.5, 0.6) is 5.75 Å². The van der Waals surface area contributed by atoms with Gasteiger partial charge in [0.05, 0.1) is 21.8 Å². The van der Waals surface area contributed by atoms with Crippen LogP contribution in [0.3, 0.4) is 0 Å². The number of nitrogens with one attached hydrogen (secondary N) is 1. The number of ether oxygens (including phenoxy) is 1. The minimum absolute atomic E-state index is 0.00117. The molecule has 1 amide bonds. The van der Waals surface area contributed by atoms with E-state index in [4.69, 9.17) is 0 Å². The Balaban J connectivity index is 1.40. The summed E-state index contributed by atoms with van der Waals surface area (Å²) in [5.74, 6) is -1.10. The molecule has 1 saturated heterocycles. The average Bonchev–Trinajstić information content (AvgIpc) is 2.96. The highest BCUT2D eigenvalue weighted by atomic mass is 32.1. The number of fused-ring (bicyclic) bond motifs is 1. The molecule has 0 atom stereocenters. The van der Waals surface area contributed by atoms with E-state index in [1.807, 2.05) is 24.0 Å². The molecule has 2 heterocycles. The van der Waals surface area contributed by atoms with Crippen molar-refractivity contribution in [1.29, 1.82) is 0 Å². The van der Waals surface area contributed by atoms with E-state index in [2.05, 4.69) is 21.1 Å². The fourth-order valence-electron chi connectivity index (χ4n) is 2.97. The van der Waals surface area contributed by atoms with Crippen LogP contribution in [-0.4, -0.2) is 30.3 Å². The Bertz CT molecular complexity index is 1030. The van der Waals surface area contributed by atoms with Crippen molar-refractivity contribution in [3.63, 3.8) is 0 Å². The lowest BCUT2D eigenvalue weighted by molar-refractivity contribution is -0.274. The quantitative estimate of drug-likeness (QED) is 0.688. The number of benzene rings is 2. The number of anilines is 2. The van der Waals surface area contributed by atoms with Gasteiger partial charge in [-0.25, -0.2) is 4.98 Å². The number of amides is 1. The molecule has 0 saturated carbocycles. The van der Waals surface area contributed by atoms with Crippen LogP contribution in [0.1, 0.15) is 5.56 Å². The lowest BCUT2D eigenvalue weighted by Crippen LogP contribution is -2.52. The van der Waals surface area contributed by atoms with Gasteiger partial charge in [-0.2, -0.15) is 0 Å². The lowest BCUT2D eigenvalue weighted by Gasteiger charge is -2.38. The van der Waals surface area contributed by atoms with Crippen molar-refractivity contribution in [2.24, 2.45) is 5.92 Å². The van der Waals surface area contributed by atoms with Gasteiger partial charge >= 0.3 is 6.36 Å². The maximum absolute atomic E-state index is 12.5. The molecule has 1 aliphatic rings. The maximum atomic E-state index is 12.5. The predicted octanol–water partition coefficient (Wildman–Crippen LogP) is 4.58. The molecule has 0 radical (unpaired) electrons. The van der Waals surface area contributed by atoms with Crippen molar-refractivity contribution in [3.8, 4) is 5.75 Å². The van der Waals surface area contributed by atoms with Gasteiger partial charge in [0.25, 0.3) is 0 Å². The van der Waals surface area contributed by atoms with Gasteiger partial charge in [0.15, 0.2) is 10.9 Å². The van der Waals surface area contributed by atoms with Gasteiger partial charge < -0.3 is 15.0 Å². The molecular formula is C19H16F3N3O2S. The largest absolute Gasteiger partial charge is 0.573 e. The number of nitrogens with zero attached hydrogens (tertiary/aromatic N) is 2. The molecule has 2 aromatic carbocycles. The Morgan fingerprint density at radius 1 is 1.25 bits per heavy atom. The Labute approximate surface area is 162 Å². The van der Waals surface area contributed by atoms with Gasteiger partial charge in [0.2, 0.25) is 5.91 Å². The summed E-state index contributed by atoms with van der Waals surface area (Å²) < 4.78 is 42.5. The number of carbonyl (C=O) groups excluding carboxylic acids is 1. The predicted molar refractivity (Wildman–Crippen MR) is 102 cm³/mol. The highest BCUT2D eigenvalue weighted by Gasteiger charge is 2.36. The van der Waals surface area contributed by atoms with Crippen LogP contribution in [0, 0.1) is 12.8 Å². The Hall–Kier alpha value is -2.81. The van der Waals surface area contributed by atoms with Gasteiger partial charge in [0, 0.05) is 13.1 Å². The topological polar surface area (TPSA) is 54.5 Å². The standard InChI is InChI=1S/C19H16F3N3O2S/c1-11-6-7-14-16(8-11)28-18(24-14)25-9-12(10-25)17(26)23-13-4-2-3-5-15(13)27-19(20,21)22/h2-8,12H,9-10H2,1H3,(H,23,26). The summed E-state index contributed by atoms with van der Waals surface area (Å²) in [6, 6.07) is 11.5. The van der Waals surface area contributed by atoms with Gasteiger partial charge in [-0.05, 0) is 36.8 Å².